The molecule has 2 fully saturated rings. The van der Waals surface area contributed by atoms with Gasteiger partial charge in [0.25, 0.3) is 0 Å². The molecule has 2 heterocycles. The average molecular weight is 583 g/mol. The Kier molecular flexibility index (Phi) is 8.91. The fraction of sp³-hybridized carbons (Fsp3) is 0.517. The van der Waals surface area contributed by atoms with Crippen LogP contribution in [0.25, 0.3) is 0 Å². The minimum absolute atomic E-state index is 0.0843. The van der Waals surface area contributed by atoms with Crippen molar-refractivity contribution in [3.05, 3.63) is 69.2 Å². The van der Waals surface area contributed by atoms with Crippen LogP contribution in [0.15, 0.2) is 36.4 Å². The minimum atomic E-state index is -0.948. The molecule has 0 bridgehead atoms. The molecule has 2 aromatic carbocycles. The number of likely N-dealkylation sites (tertiary alicyclic amines) is 1. The number of benzene rings is 2. The molecule has 1 N–H and O–H groups in total. The molecule has 1 amide bonds. The zero-order chi connectivity index (χ0) is 28.6. The molecular formula is C29H35Cl2F2N3O3. The Morgan fingerprint density at radius 1 is 1.03 bits per heavy atom. The van der Waals surface area contributed by atoms with Gasteiger partial charge in [0.1, 0.15) is 17.7 Å². The molecule has 6 nitrogen and oxygen atoms in total. The lowest BCUT2D eigenvalue weighted by Crippen LogP contribution is -2.59. The zero-order valence-electron chi connectivity index (χ0n) is 22.6. The summed E-state index contributed by atoms with van der Waals surface area (Å²) in [7, 11) is 0. The van der Waals surface area contributed by atoms with Gasteiger partial charge in [0.2, 0.25) is 5.91 Å². The van der Waals surface area contributed by atoms with E-state index in [4.69, 9.17) is 23.2 Å². The third-order valence-corrected chi connectivity index (χ3v) is 8.77. The first-order chi connectivity index (χ1) is 18.3. The Hall–Kier alpha value is -2.26. The number of hydrogen-bond donors (Lipinski definition) is 1. The lowest BCUT2D eigenvalue weighted by molar-refractivity contribution is -0.147. The molecule has 0 radical (unpaired) electrons. The van der Waals surface area contributed by atoms with Crippen LogP contribution in [0.2, 0.25) is 10.0 Å². The summed E-state index contributed by atoms with van der Waals surface area (Å²) in [5, 5.41) is 10.8. The second kappa shape index (κ2) is 11.7. The molecule has 0 aliphatic carbocycles. The number of rotatable bonds is 6. The van der Waals surface area contributed by atoms with Crippen molar-refractivity contribution < 1.29 is 23.5 Å². The van der Waals surface area contributed by atoms with Crippen LogP contribution in [0.3, 0.4) is 0 Å². The van der Waals surface area contributed by atoms with E-state index in [-0.39, 0.29) is 23.9 Å². The Balaban J connectivity index is 1.51. The summed E-state index contributed by atoms with van der Waals surface area (Å²) in [5.74, 6) is -3.23. The van der Waals surface area contributed by atoms with Crippen LogP contribution in [-0.4, -0.2) is 82.0 Å². The molecule has 0 aromatic heterocycles. The van der Waals surface area contributed by atoms with Gasteiger partial charge in [-0.25, -0.2) is 8.78 Å². The molecule has 2 aliphatic rings. The zero-order valence-corrected chi connectivity index (χ0v) is 24.1. The number of hydrogen-bond acceptors (Lipinski definition) is 4. The van der Waals surface area contributed by atoms with Crippen molar-refractivity contribution in [3.63, 3.8) is 0 Å². The maximum Gasteiger partial charge on any atom is 0.321 e. The van der Waals surface area contributed by atoms with Crippen molar-refractivity contribution in [1.29, 1.82) is 0 Å². The SMILES string of the molecule is C[C@H]1CN([C@@H](Cc2ccc(Cl)c(Cl)c2)C(=O)O)CCN1C(=O)[C@@H]1CN(C(C)(C)C)C[C@H]1c1ccc(F)cc1F. The number of aliphatic carboxylic acids is 1. The normalized spacial score (nSPS) is 23.7. The quantitative estimate of drug-likeness (QED) is 0.500. The fourth-order valence-electron chi connectivity index (χ4n) is 5.79. The van der Waals surface area contributed by atoms with Gasteiger partial charge in [0, 0.05) is 56.3 Å². The van der Waals surface area contributed by atoms with Crippen molar-refractivity contribution in [2.24, 2.45) is 5.92 Å². The highest BCUT2D eigenvalue weighted by Crippen LogP contribution is 2.39. The number of carbonyl (C=O) groups is 2. The molecular weight excluding hydrogens is 547 g/mol. The van der Waals surface area contributed by atoms with Crippen LogP contribution in [0, 0.1) is 17.6 Å². The topological polar surface area (TPSA) is 64.1 Å². The largest absolute Gasteiger partial charge is 0.480 e. The van der Waals surface area contributed by atoms with E-state index in [1.807, 2.05) is 11.8 Å². The molecule has 4 rings (SSSR count). The van der Waals surface area contributed by atoms with E-state index < -0.39 is 35.5 Å². The summed E-state index contributed by atoms with van der Waals surface area (Å²) >= 11 is 12.1. The number of nitrogens with zero attached hydrogens (tertiary/aromatic N) is 3. The van der Waals surface area contributed by atoms with Gasteiger partial charge in [-0.2, -0.15) is 0 Å². The molecule has 0 saturated carbocycles. The molecule has 0 unspecified atom stereocenters. The summed E-state index contributed by atoms with van der Waals surface area (Å²) in [4.78, 5) is 32.0. The maximum absolute atomic E-state index is 14.9. The van der Waals surface area contributed by atoms with Gasteiger partial charge in [-0.1, -0.05) is 35.3 Å². The number of halogens is 4. The van der Waals surface area contributed by atoms with E-state index in [9.17, 15) is 23.5 Å². The van der Waals surface area contributed by atoms with Crippen molar-refractivity contribution >= 4 is 35.1 Å². The number of amides is 1. The van der Waals surface area contributed by atoms with Crippen LogP contribution in [0.5, 0.6) is 0 Å². The summed E-state index contributed by atoms with van der Waals surface area (Å²) in [5.41, 5.74) is 0.883. The third kappa shape index (κ3) is 6.56. The molecule has 2 aliphatic heterocycles. The first-order valence-electron chi connectivity index (χ1n) is 13.2. The van der Waals surface area contributed by atoms with Crippen LogP contribution < -0.4 is 0 Å². The third-order valence-electron chi connectivity index (χ3n) is 8.03. The molecule has 4 atom stereocenters. The Morgan fingerprint density at radius 3 is 2.33 bits per heavy atom. The number of carbonyl (C=O) groups excluding carboxylic acids is 1. The fourth-order valence-corrected chi connectivity index (χ4v) is 6.11. The first kappa shape index (κ1) is 29.7. The van der Waals surface area contributed by atoms with E-state index >= 15 is 0 Å². The molecule has 212 valence electrons. The van der Waals surface area contributed by atoms with Crippen LogP contribution in [0.4, 0.5) is 8.78 Å². The smallest absolute Gasteiger partial charge is 0.321 e. The van der Waals surface area contributed by atoms with E-state index in [1.165, 1.54) is 12.1 Å². The van der Waals surface area contributed by atoms with Crippen LogP contribution >= 0.6 is 23.2 Å². The van der Waals surface area contributed by atoms with Gasteiger partial charge in [-0.15, -0.1) is 0 Å². The van der Waals surface area contributed by atoms with E-state index in [1.54, 1.807) is 23.1 Å². The molecule has 39 heavy (non-hydrogen) atoms. The summed E-state index contributed by atoms with van der Waals surface area (Å²) < 4.78 is 28.5. The molecule has 0 spiro atoms. The maximum atomic E-state index is 14.9. The monoisotopic (exact) mass is 581 g/mol. The Morgan fingerprint density at radius 2 is 1.74 bits per heavy atom. The van der Waals surface area contributed by atoms with Gasteiger partial charge in [0.15, 0.2) is 0 Å². The van der Waals surface area contributed by atoms with Gasteiger partial charge in [-0.3, -0.25) is 19.4 Å². The Bertz CT molecular complexity index is 1240. The highest BCUT2D eigenvalue weighted by atomic mass is 35.5. The molecule has 2 aromatic rings. The van der Waals surface area contributed by atoms with Gasteiger partial charge in [0.05, 0.1) is 16.0 Å². The van der Waals surface area contributed by atoms with Gasteiger partial charge >= 0.3 is 5.97 Å². The lowest BCUT2D eigenvalue weighted by atomic mass is 9.87. The summed E-state index contributed by atoms with van der Waals surface area (Å²) in [6.07, 6.45) is 0.252. The van der Waals surface area contributed by atoms with E-state index in [2.05, 4.69) is 25.7 Å². The van der Waals surface area contributed by atoms with Crippen molar-refractivity contribution in [2.75, 3.05) is 32.7 Å². The summed E-state index contributed by atoms with van der Waals surface area (Å²) in [6.45, 7) is 10.2. The van der Waals surface area contributed by atoms with Crippen LogP contribution in [0.1, 0.15) is 44.7 Å². The molecule has 2 saturated heterocycles. The van der Waals surface area contributed by atoms with Gasteiger partial charge < -0.3 is 10.0 Å². The van der Waals surface area contributed by atoms with E-state index in [0.717, 1.165) is 11.6 Å². The second-order valence-corrected chi connectivity index (χ2v) is 12.5. The van der Waals surface area contributed by atoms with Crippen molar-refractivity contribution in [3.8, 4) is 0 Å². The number of piperazine rings is 1. The minimum Gasteiger partial charge on any atom is -0.480 e. The second-order valence-electron chi connectivity index (χ2n) is 11.6. The van der Waals surface area contributed by atoms with Crippen LogP contribution in [-0.2, 0) is 16.0 Å². The predicted molar refractivity (Wildman–Crippen MR) is 148 cm³/mol. The lowest BCUT2D eigenvalue weighted by Gasteiger charge is -2.43. The molecule has 10 heteroatoms. The highest BCUT2D eigenvalue weighted by Gasteiger charge is 2.46. The predicted octanol–water partition coefficient (Wildman–Crippen LogP) is 5.31. The van der Waals surface area contributed by atoms with E-state index in [0.29, 0.717) is 48.3 Å². The average Bonchev–Trinajstić information content (AvgIpc) is 3.30. The Labute approximate surface area is 238 Å². The van der Waals surface area contributed by atoms with Gasteiger partial charge in [-0.05, 0) is 63.4 Å². The highest BCUT2D eigenvalue weighted by molar-refractivity contribution is 6.42. The first-order valence-corrected chi connectivity index (χ1v) is 13.9. The summed E-state index contributed by atoms with van der Waals surface area (Å²) in [6, 6.07) is 7.63. The van der Waals surface area contributed by atoms with Crippen molar-refractivity contribution in [2.45, 2.75) is 57.7 Å². The standard InChI is InChI=1S/C29H35Cl2F2N3O3/c1-17-14-34(26(28(38)39)12-18-5-8-23(30)24(31)11-18)9-10-36(17)27(37)22-16-35(29(2,3)4)15-21(22)20-7-6-19(32)13-25(20)33/h5-8,11,13,17,21-22,26H,9-10,12,14-16H2,1-4H3,(H,38,39)/t17-,21-,22+,26-/m0/s1. The number of carboxylic acid groups (broad SMARTS) is 1. The number of carboxylic acids is 1. The van der Waals surface area contributed by atoms with Crippen molar-refractivity contribution in [1.82, 2.24) is 14.7 Å².